The average Bonchev–Trinajstić information content (AvgIpc) is 2.23. The Balaban J connectivity index is 0.00000112. The Bertz CT molecular complexity index is 354. The Kier molecular flexibility index (Phi) is 4.12. The van der Waals surface area contributed by atoms with Crippen LogP contribution in [-0.4, -0.2) is 19.0 Å². The van der Waals surface area contributed by atoms with E-state index in [1.807, 2.05) is 18.2 Å². The zero-order valence-electron chi connectivity index (χ0n) is 8.48. The molecule has 0 atom stereocenters. The van der Waals surface area contributed by atoms with Crippen LogP contribution in [-0.2, 0) is 11.2 Å². The summed E-state index contributed by atoms with van der Waals surface area (Å²) in [7, 11) is 0. The lowest BCUT2D eigenvalue weighted by Crippen LogP contribution is -2.38. The van der Waals surface area contributed by atoms with Crippen molar-refractivity contribution in [3.8, 4) is 0 Å². The highest BCUT2D eigenvalue weighted by Gasteiger charge is 2.22. The zero-order valence-corrected chi connectivity index (χ0v) is 9.30. The van der Waals surface area contributed by atoms with Gasteiger partial charge in [0, 0.05) is 25.2 Å². The monoisotopic (exact) mass is 226 g/mol. The Morgan fingerprint density at radius 3 is 2.73 bits per heavy atom. The number of nitrogens with two attached hydrogens (primary N) is 1. The molecule has 1 amide bonds. The van der Waals surface area contributed by atoms with Gasteiger partial charge in [-0.15, -0.1) is 12.4 Å². The van der Waals surface area contributed by atoms with Crippen molar-refractivity contribution >= 4 is 24.0 Å². The second kappa shape index (κ2) is 5.14. The first-order valence-corrected chi connectivity index (χ1v) is 4.91. The molecule has 0 radical (unpaired) electrons. The Morgan fingerprint density at radius 1 is 1.27 bits per heavy atom. The maximum absolute atomic E-state index is 11.6. The molecule has 1 aromatic carbocycles. The van der Waals surface area contributed by atoms with Gasteiger partial charge in [-0.2, -0.15) is 0 Å². The van der Waals surface area contributed by atoms with Crippen molar-refractivity contribution in [2.45, 2.75) is 12.8 Å². The summed E-state index contributed by atoms with van der Waals surface area (Å²) in [6.07, 6.45) is 1.47. The van der Waals surface area contributed by atoms with E-state index in [0.717, 1.165) is 12.1 Å². The summed E-state index contributed by atoms with van der Waals surface area (Å²) in [6.45, 7) is 1.13. The van der Waals surface area contributed by atoms with Crippen molar-refractivity contribution in [2.24, 2.45) is 5.73 Å². The number of fused-ring (bicyclic) bond motifs is 1. The number of benzene rings is 1. The first-order valence-electron chi connectivity index (χ1n) is 4.91. The van der Waals surface area contributed by atoms with E-state index in [1.54, 1.807) is 4.90 Å². The maximum atomic E-state index is 11.6. The number of carbonyl (C=O) groups is 1. The van der Waals surface area contributed by atoms with Crippen LogP contribution in [0.4, 0.5) is 5.69 Å². The number of amides is 1. The van der Waals surface area contributed by atoms with Gasteiger partial charge in [0.05, 0.1) is 0 Å². The number of aryl methyl sites for hydroxylation is 1. The van der Waals surface area contributed by atoms with Crippen LogP contribution in [0.3, 0.4) is 0 Å². The summed E-state index contributed by atoms with van der Waals surface area (Å²) in [5, 5.41) is 0. The highest BCUT2D eigenvalue weighted by atomic mass is 35.5. The molecule has 3 nitrogen and oxygen atoms in total. The third-order valence-electron chi connectivity index (χ3n) is 2.54. The molecule has 0 saturated carbocycles. The maximum Gasteiger partial charge on any atom is 0.227 e. The fourth-order valence-electron chi connectivity index (χ4n) is 1.87. The van der Waals surface area contributed by atoms with Crippen LogP contribution in [0.25, 0.3) is 0 Å². The lowest BCUT2D eigenvalue weighted by molar-refractivity contribution is -0.118. The molecule has 1 aromatic rings. The van der Waals surface area contributed by atoms with Gasteiger partial charge in [0.25, 0.3) is 0 Å². The molecule has 1 aliphatic heterocycles. The number of anilines is 1. The summed E-state index contributed by atoms with van der Waals surface area (Å²) in [4.78, 5) is 13.4. The summed E-state index contributed by atoms with van der Waals surface area (Å²) in [5.41, 5.74) is 7.77. The number of hydrogen-bond donors (Lipinski definition) is 1. The van der Waals surface area contributed by atoms with Gasteiger partial charge in [0.15, 0.2) is 0 Å². The molecule has 1 aliphatic rings. The number of rotatable bonds is 2. The summed E-state index contributed by atoms with van der Waals surface area (Å²) in [5.74, 6) is 0.189. The van der Waals surface area contributed by atoms with Gasteiger partial charge in [0.2, 0.25) is 5.91 Å². The molecule has 0 unspecified atom stereocenters. The lowest BCUT2D eigenvalue weighted by atomic mass is 10.0. The zero-order chi connectivity index (χ0) is 9.97. The molecular weight excluding hydrogens is 212 g/mol. The number of halogens is 1. The quantitative estimate of drug-likeness (QED) is 0.828. The van der Waals surface area contributed by atoms with Crippen molar-refractivity contribution < 1.29 is 4.79 Å². The molecule has 0 bridgehead atoms. The van der Waals surface area contributed by atoms with Crippen LogP contribution in [0.1, 0.15) is 12.0 Å². The van der Waals surface area contributed by atoms with E-state index in [4.69, 9.17) is 5.73 Å². The van der Waals surface area contributed by atoms with Crippen molar-refractivity contribution in [2.75, 3.05) is 18.0 Å². The minimum atomic E-state index is 0. The number of nitrogens with zero attached hydrogens (tertiary/aromatic N) is 1. The van der Waals surface area contributed by atoms with Gasteiger partial charge in [-0.05, 0) is 18.1 Å². The smallest absolute Gasteiger partial charge is 0.227 e. The Labute approximate surface area is 95.7 Å². The van der Waals surface area contributed by atoms with Gasteiger partial charge >= 0.3 is 0 Å². The van der Waals surface area contributed by atoms with E-state index in [1.165, 1.54) is 5.56 Å². The lowest BCUT2D eigenvalue weighted by Gasteiger charge is -2.28. The van der Waals surface area contributed by atoms with Crippen LogP contribution < -0.4 is 10.6 Å². The third-order valence-corrected chi connectivity index (χ3v) is 2.54. The van der Waals surface area contributed by atoms with Gasteiger partial charge in [0.1, 0.15) is 0 Å². The average molecular weight is 227 g/mol. The van der Waals surface area contributed by atoms with E-state index >= 15 is 0 Å². The fourth-order valence-corrected chi connectivity index (χ4v) is 1.87. The molecule has 1 heterocycles. The summed E-state index contributed by atoms with van der Waals surface area (Å²) in [6, 6.07) is 8.03. The first-order chi connectivity index (χ1) is 6.83. The molecule has 4 heteroatoms. The van der Waals surface area contributed by atoms with E-state index in [2.05, 4.69) is 6.07 Å². The van der Waals surface area contributed by atoms with Gasteiger partial charge in [-0.1, -0.05) is 18.2 Å². The largest absolute Gasteiger partial charge is 0.329 e. The molecule has 0 fully saturated rings. The molecular formula is C11H15ClN2O. The highest BCUT2D eigenvalue weighted by Crippen LogP contribution is 2.26. The van der Waals surface area contributed by atoms with Gasteiger partial charge in [-0.3, -0.25) is 4.79 Å². The minimum absolute atomic E-state index is 0. The molecule has 0 saturated heterocycles. The number of para-hydroxylation sites is 1. The standard InChI is InChI=1S/C11H14N2O.ClH/c12-7-8-13-10-4-2-1-3-9(10)5-6-11(13)14;/h1-4H,5-8,12H2;1H. The van der Waals surface area contributed by atoms with E-state index < -0.39 is 0 Å². The highest BCUT2D eigenvalue weighted by molar-refractivity contribution is 5.96. The molecule has 82 valence electrons. The van der Waals surface area contributed by atoms with Crippen molar-refractivity contribution in [3.63, 3.8) is 0 Å². The Morgan fingerprint density at radius 2 is 2.00 bits per heavy atom. The molecule has 2 rings (SSSR count). The van der Waals surface area contributed by atoms with Crippen molar-refractivity contribution in [1.82, 2.24) is 0 Å². The van der Waals surface area contributed by atoms with Crippen molar-refractivity contribution in [1.29, 1.82) is 0 Å². The van der Waals surface area contributed by atoms with E-state index in [9.17, 15) is 4.79 Å². The molecule has 2 N–H and O–H groups in total. The van der Waals surface area contributed by atoms with E-state index in [-0.39, 0.29) is 18.3 Å². The molecule has 0 spiro atoms. The normalized spacial score (nSPS) is 14.5. The van der Waals surface area contributed by atoms with Gasteiger partial charge in [-0.25, -0.2) is 0 Å². The minimum Gasteiger partial charge on any atom is -0.329 e. The SMILES string of the molecule is Cl.NCCN1C(=O)CCc2ccccc21. The molecule has 0 aromatic heterocycles. The van der Waals surface area contributed by atoms with Gasteiger partial charge < -0.3 is 10.6 Å². The summed E-state index contributed by atoms with van der Waals surface area (Å²) >= 11 is 0. The third kappa shape index (κ3) is 2.30. The van der Waals surface area contributed by atoms with E-state index in [0.29, 0.717) is 19.5 Å². The fraction of sp³-hybridized carbons (Fsp3) is 0.364. The van der Waals surface area contributed by atoms with Crippen LogP contribution in [0.15, 0.2) is 24.3 Å². The second-order valence-electron chi connectivity index (χ2n) is 3.46. The first kappa shape index (κ1) is 12.0. The van der Waals surface area contributed by atoms with Crippen LogP contribution in [0.5, 0.6) is 0 Å². The summed E-state index contributed by atoms with van der Waals surface area (Å²) < 4.78 is 0. The van der Waals surface area contributed by atoms with Crippen molar-refractivity contribution in [3.05, 3.63) is 29.8 Å². The predicted molar refractivity (Wildman–Crippen MR) is 63.4 cm³/mol. The number of hydrogen-bond acceptors (Lipinski definition) is 2. The molecule has 15 heavy (non-hydrogen) atoms. The number of carbonyl (C=O) groups excluding carboxylic acids is 1. The second-order valence-corrected chi connectivity index (χ2v) is 3.46. The van der Waals surface area contributed by atoms with Crippen LogP contribution >= 0.6 is 12.4 Å². The van der Waals surface area contributed by atoms with Crippen LogP contribution in [0.2, 0.25) is 0 Å². The Hall–Kier alpha value is -1.06. The molecule has 0 aliphatic carbocycles. The predicted octanol–water partition coefficient (Wildman–Crippen LogP) is 1.35. The van der Waals surface area contributed by atoms with Crippen LogP contribution in [0, 0.1) is 0 Å². The topological polar surface area (TPSA) is 46.3 Å².